The van der Waals surface area contributed by atoms with Crippen LogP contribution in [0.1, 0.15) is 36.4 Å². The first-order valence-electron chi connectivity index (χ1n) is 9.96. The molecule has 0 bridgehead atoms. The molecule has 27 heavy (non-hydrogen) atoms. The molecule has 7 heteroatoms. The summed E-state index contributed by atoms with van der Waals surface area (Å²) in [4.78, 5) is 23.5. The molecule has 6 nitrogen and oxygen atoms in total. The molecule has 1 spiro atoms. The Labute approximate surface area is 163 Å². The smallest absolute Gasteiger partial charge is 0.253 e. The van der Waals surface area contributed by atoms with Gasteiger partial charge in [0.25, 0.3) is 5.91 Å². The fourth-order valence-electron chi connectivity index (χ4n) is 4.70. The van der Waals surface area contributed by atoms with Crippen molar-refractivity contribution in [1.29, 1.82) is 0 Å². The van der Waals surface area contributed by atoms with Crippen LogP contribution in [-0.4, -0.2) is 57.5 Å². The third kappa shape index (κ3) is 3.22. The Balaban J connectivity index is 1.33. The maximum Gasteiger partial charge on any atom is 0.253 e. The van der Waals surface area contributed by atoms with Crippen LogP contribution in [0, 0.1) is 0 Å². The van der Waals surface area contributed by atoms with Gasteiger partial charge in [-0.15, -0.1) is 11.3 Å². The van der Waals surface area contributed by atoms with E-state index in [9.17, 15) is 4.79 Å². The van der Waals surface area contributed by atoms with Crippen molar-refractivity contribution in [3.63, 3.8) is 0 Å². The lowest BCUT2D eigenvalue weighted by atomic mass is 9.88. The summed E-state index contributed by atoms with van der Waals surface area (Å²) in [5.41, 5.74) is -0.423. The van der Waals surface area contributed by atoms with E-state index in [1.54, 1.807) is 0 Å². The van der Waals surface area contributed by atoms with Gasteiger partial charge in [-0.1, -0.05) is 6.07 Å². The predicted molar refractivity (Wildman–Crippen MR) is 103 cm³/mol. The number of hydrogen-bond donors (Lipinski definition) is 0. The van der Waals surface area contributed by atoms with E-state index in [4.69, 9.17) is 4.74 Å². The first-order valence-corrected chi connectivity index (χ1v) is 10.8. The zero-order chi connectivity index (χ0) is 18.3. The highest BCUT2D eigenvalue weighted by Crippen LogP contribution is 2.40. The second-order valence-corrected chi connectivity index (χ2v) is 8.92. The Hall–Kier alpha value is -1.70. The van der Waals surface area contributed by atoms with Crippen LogP contribution in [0.15, 0.2) is 29.9 Å². The molecule has 1 amide bonds. The van der Waals surface area contributed by atoms with E-state index in [1.165, 1.54) is 4.88 Å². The van der Waals surface area contributed by atoms with Crippen molar-refractivity contribution in [3.8, 4) is 0 Å². The molecule has 5 heterocycles. The summed E-state index contributed by atoms with van der Waals surface area (Å²) in [6.07, 6.45) is 7.46. The molecular weight excluding hydrogens is 360 g/mol. The van der Waals surface area contributed by atoms with Gasteiger partial charge in [0.15, 0.2) is 6.10 Å². The largest absolute Gasteiger partial charge is 0.352 e. The molecule has 2 aromatic rings. The molecule has 0 unspecified atom stereocenters. The van der Waals surface area contributed by atoms with E-state index in [-0.39, 0.29) is 12.0 Å². The van der Waals surface area contributed by atoms with E-state index in [0.717, 1.165) is 64.2 Å². The predicted octanol–water partition coefficient (Wildman–Crippen LogP) is 2.46. The van der Waals surface area contributed by atoms with Crippen molar-refractivity contribution in [2.45, 2.75) is 50.5 Å². The third-order valence-electron chi connectivity index (χ3n) is 6.17. The molecule has 0 saturated carbocycles. The minimum Gasteiger partial charge on any atom is -0.352 e. The average Bonchev–Trinajstić information content (AvgIpc) is 3.45. The number of thiophene rings is 1. The molecular formula is C20H26N4O2S. The van der Waals surface area contributed by atoms with Crippen LogP contribution >= 0.6 is 11.3 Å². The van der Waals surface area contributed by atoms with Crippen molar-refractivity contribution in [1.82, 2.24) is 19.4 Å². The van der Waals surface area contributed by atoms with Gasteiger partial charge < -0.3 is 14.2 Å². The van der Waals surface area contributed by atoms with Gasteiger partial charge in [0.1, 0.15) is 11.4 Å². The summed E-state index contributed by atoms with van der Waals surface area (Å²) in [6.45, 7) is 5.27. The minimum absolute atomic E-state index is 0.159. The number of ether oxygens (including phenoxy) is 1. The van der Waals surface area contributed by atoms with Crippen molar-refractivity contribution in [2.75, 3.05) is 26.2 Å². The number of aromatic nitrogens is 2. The van der Waals surface area contributed by atoms with Crippen molar-refractivity contribution >= 4 is 17.2 Å². The number of nitrogens with zero attached hydrogens (tertiary/aromatic N) is 4. The maximum absolute atomic E-state index is 13.0. The van der Waals surface area contributed by atoms with Crippen LogP contribution < -0.4 is 0 Å². The van der Waals surface area contributed by atoms with Gasteiger partial charge in [-0.25, -0.2) is 4.98 Å². The zero-order valence-electron chi connectivity index (χ0n) is 15.5. The van der Waals surface area contributed by atoms with E-state index in [1.807, 2.05) is 28.6 Å². The fraction of sp³-hybridized carbons (Fsp3) is 0.600. The summed E-state index contributed by atoms with van der Waals surface area (Å²) >= 11 is 1.81. The normalized spacial score (nSPS) is 25.0. The summed E-state index contributed by atoms with van der Waals surface area (Å²) in [5, 5.41) is 2.14. The SMILES string of the molecule is O=C([C@H]1Cn2ccnc2C2(CCN(Cc3cccs3)CC2)O1)N1CCCC1. The van der Waals surface area contributed by atoms with E-state index < -0.39 is 5.60 Å². The van der Waals surface area contributed by atoms with Gasteiger partial charge in [0.2, 0.25) is 0 Å². The number of rotatable bonds is 3. The molecule has 3 aliphatic rings. The molecule has 2 saturated heterocycles. The zero-order valence-corrected chi connectivity index (χ0v) is 16.4. The van der Waals surface area contributed by atoms with Gasteiger partial charge in [0, 0.05) is 50.0 Å². The molecule has 0 N–H and O–H groups in total. The molecule has 0 aromatic carbocycles. The topological polar surface area (TPSA) is 50.6 Å². The second-order valence-electron chi connectivity index (χ2n) is 7.89. The summed E-state index contributed by atoms with van der Waals surface area (Å²) in [7, 11) is 0. The minimum atomic E-state index is -0.423. The fourth-order valence-corrected chi connectivity index (χ4v) is 5.45. The van der Waals surface area contributed by atoms with Crippen molar-refractivity contribution < 1.29 is 9.53 Å². The Morgan fingerprint density at radius 3 is 2.81 bits per heavy atom. The highest BCUT2D eigenvalue weighted by Gasteiger charge is 2.47. The van der Waals surface area contributed by atoms with Gasteiger partial charge in [0.05, 0.1) is 6.54 Å². The molecule has 1 atom stereocenters. The molecule has 0 aliphatic carbocycles. The highest BCUT2D eigenvalue weighted by molar-refractivity contribution is 7.09. The number of carbonyl (C=O) groups excluding carboxylic acids is 1. The number of piperidine rings is 1. The maximum atomic E-state index is 13.0. The highest BCUT2D eigenvalue weighted by atomic mass is 32.1. The van der Waals surface area contributed by atoms with Crippen LogP contribution in [-0.2, 0) is 28.2 Å². The van der Waals surface area contributed by atoms with Crippen LogP contribution in [0.3, 0.4) is 0 Å². The van der Waals surface area contributed by atoms with Crippen LogP contribution in [0.4, 0.5) is 0 Å². The standard InChI is InChI=1S/C20H26N4O2S/c25-18(23-8-1-2-9-23)17-15-24-12-7-21-19(24)20(26-17)5-10-22(11-6-20)14-16-4-3-13-27-16/h3-4,7,12-13,17H,1-2,5-6,8-11,14-15H2/t17-/m1/s1. The van der Waals surface area contributed by atoms with Crippen LogP contribution in [0.25, 0.3) is 0 Å². The molecule has 5 rings (SSSR count). The number of likely N-dealkylation sites (tertiary alicyclic amines) is 2. The number of amides is 1. The quantitative estimate of drug-likeness (QED) is 0.813. The van der Waals surface area contributed by atoms with Crippen LogP contribution in [0.5, 0.6) is 0 Å². The van der Waals surface area contributed by atoms with Crippen LogP contribution in [0.2, 0.25) is 0 Å². The lowest BCUT2D eigenvalue weighted by Gasteiger charge is -2.46. The Kier molecular flexibility index (Phi) is 4.53. The Morgan fingerprint density at radius 2 is 2.07 bits per heavy atom. The first-order chi connectivity index (χ1) is 13.2. The van der Waals surface area contributed by atoms with Gasteiger partial charge in [-0.3, -0.25) is 9.69 Å². The van der Waals surface area contributed by atoms with Crippen molar-refractivity contribution in [2.24, 2.45) is 0 Å². The van der Waals surface area contributed by atoms with E-state index in [2.05, 4.69) is 32.0 Å². The summed E-state index contributed by atoms with van der Waals surface area (Å²) in [6, 6.07) is 4.31. The van der Waals surface area contributed by atoms with Gasteiger partial charge in [-0.05, 0) is 37.1 Å². The molecule has 3 aliphatic heterocycles. The Bertz CT molecular complexity index is 789. The number of hydrogen-bond acceptors (Lipinski definition) is 5. The lowest BCUT2D eigenvalue weighted by Crippen LogP contribution is -2.54. The van der Waals surface area contributed by atoms with Crippen molar-refractivity contribution in [3.05, 3.63) is 40.6 Å². The third-order valence-corrected chi connectivity index (χ3v) is 7.03. The number of imidazole rings is 1. The molecule has 2 aromatic heterocycles. The second kappa shape index (κ2) is 7.04. The molecule has 0 radical (unpaired) electrons. The molecule has 144 valence electrons. The van der Waals surface area contributed by atoms with E-state index in [0.29, 0.717) is 6.54 Å². The average molecular weight is 387 g/mol. The van der Waals surface area contributed by atoms with Gasteiger partial charge >= 0.3 is 0 Å². The Morgan fingerprint density at radius 1 is 1.26 bits per heavy atom. The van der Waals surface area contributed by atoms with Gasteiger partial charge in [-0.2, -0.15) is 0 Å². The van der Waals surface area contributed by atoms with E-state index >= 15 is 0 Å². The lowest BCUT2D eigenvalue weighted by molar-refractivity contribution is -0.180. The summed E-state index contributed by atoms with van der Waals surface area (Å²) in [5.74, 6) is 1.16. The summed E-state index contributed by atoms with van der Waals surface area (Å²) < 4.78 is 8.71. The molecule has 2 fully saturated rings. The number of carbonyl (C=O) groups is 1. The monoisotopic (exact) mass is 386 g/mol. The first kappa shape index (κ1) is 17.4. The number of fused-ring (bicyclic) bond motifs is 2.